The van der Waals surface area contributed by atoms with E-state index in [1.165, 1.54) is 12.1 Å². The van der Waals surface area contributed by atoms with Gasteiger partial charge in [-0.3, -0.25) is 9.69 Å². The molecule has 3 rings (SSSR count). The third-order valence-electron chi connectivity index (χ3n) is 4.59. The van der Waals surface area contributed by atoms with Crippen molar-refractivity contribution in [3.63, 3.8) is 0 Å². The monoisotopic (exact) mass is 361 g/mol. The van der Waals surface area contributed by atoms with Gasteiger partial charge in [-0.05, 0) is 37.1 Å². The number of hydrogen-bond donors (Lipinski definition) is 1. The standard InChI is InChI=1S/C19H24FN3O3/c1-25-10-8-21-19(24)18-11-17(22-26-18)15-3-2-9-23(13-15)12-14-4-6-16(20)7-5-14/h4-7,11,15H,2-3,8-10,12-13H2,1H3,(H,21,24)/t15-/m1/s1. The van der Waals surface area contributed by atoms with Gasteiger partial charge >= 0.3 is 0 Å². The van der Waals surface area contributed by atoms with Gasteiger partial charge in [0.05, 0.1) is 12.3 Å². The van der Waals surface area contributed by atoms with Gasteiger partial charge in [0.15, 0.2) is 0 Å². The number of methoxy groups -OCH3 is 1. The zero-order chi connectivity index (χ0) is 18.4. The normalized spacial score (nSPS) is 18.0. The lowest BCUT2D eigenvalue weighted by molar-refractivity contribution is 0.0900. The largest absolute Gasteiger partial charge is 0.383 e. The van der Waals surface area contributed by atoms with Gasteiger partial charge in [0, 0.05) is 38.7 Å². The molecular formula is C19H24FN3O3. The molecule has 1 aromatic carbocycles. The predicted octanol–water partition coefficient (Wildman–Crippen LogP) is 2.57. The fourth-order valence-electron chi connectivity index (χ4n) is 3.23. The van der Waals surface area contributed by atoms with Gasteiger partial charge in [-0.2, -0.15) is 0 Å². The first-order valence-electron chi connectivity index (χ1n) is 8.86. The number of ether oxygens (including phenoxy) is 1. The molecule has 2 heterocycles. The highest BCUT2D eigenvalue weighted by molar-refractivity contribution is 5.91. The number of amides is 1. The van der Waals surface area contributed by atoms with Crippen LogP contribution in [0, 0.1) is 5.82 Å². The van der Waals surface area contributed by atoms with Crippen LogP contribution in [-0.4, -0.2) is 49.3 Å². The summed E-state index contributed by atoms with van der Waals surface area (Å²) in [6.45, 7) is 3.50. The molecule has 0 bridgehead atoms. The van der Waals surface area contributed by atoms with Crippen molar-refractivity contribution in [2.24, 2.45) is 0 Å². The van der Waals surface area contributed by atoms with Gasteiger partial charge in [-0.1, -0.05) is 17.3 Å². The number of piperidine rings is 1. The van der Waals surface area contributed by atoms with Crippen LogP contribution in [0.5, 0.6) is 0 Å². The molecule has 2 aromatic rings. The summed E-state index contributed by atoms with van der Waals surface area (Å²) in [6.07, 6.45) is 2.06. The highest BCUT2D eigenvalue weighted by Crippen LogP contribution is 2.27. The molecule has 0 unspecified atom stereocenters. The van der Waals surface area contributed by atoms with Crippen LogP contribution in [0.2, 0.25) is 0 Å². The van der Waals surface area contributed by atoms with Crippen LogP contribution in [0.3, 0.4) is 0 Å². The van der Waals surface area contributed by atoms with Crippen LogP contribution >= 0.6 is 0 Å². The summed E-state index contributed by atoms with van der Waals surface area (Å²) in [5, 5.41) is 6.82. The number of rotatable bonds is 7. The second-order valence-corrected chi connectivity index (χ2v) is 6.57. The van der Waals surface area contributed by atoms with Crippen molar-refractivity contribution in [1.82, 2.24) is 15.4 Å². The molecule has 26 heavy (non-hydrogen) atoms. The summed E-state index contributed by atoms with van der Waals surface area (Å²) in [5.74, 6) is -0.0378. The molecule has 0 spiro atoms. The van der Waals surface area contributed by atoms with Gasteiger partial charge in [0.2, 0.25) is 5.76 Å². The van der Waals surface area contributed by atoms with Crippen molar-refractivity contribution < 1.29 is 18.4 Å². The molecule has 1 N–H and O–H groups in total. The molecule has 7 heteroatoms. The Morgan fingerprint density at radius 2 is 2.23 bits per heavy atom. The summed E-state index contributed by atoms with van der Waals surface area (Å²) in [6, 6.07) is 8.34. The summed E-state index contributed by atoms with van der Waals surface area (Å²) in [7, 11) is 1.58. The molecule has 0 radical (unpaired) electrons. The number of likely N-dealkylation sites (tertiary alicyclic amines) is 1. The van der Waals surface area contributed by atoms with E-state index < -0.39 is 0 Å². The minimum absolute atomic E-state index is 0.218. The Kier molecular flexibility index (Phi) is 6.35. The van der Waals surface area contributed by atoms with Crippen LogP contribution < -0.4 is 5.32 Å². The molecule has 1 aromatic heterocycles. The Morgan fingerprint density at radius 1 is 1.42 bits per heavy atom. The molecule has 1 saturated heterocycles. The number of carbonyl (C=O) groups excluding carboxylic acids is 1. The van der Waals surface area contributed by atoms with Gasteiger partial charge in [0.1, 0.15) is 5.82 Å². The molecule has 1 fully saturated rings. The lowest BCUT2D eigenvalue weighted by Gasteiger charge is -2.31. The van der Waals surface area contributed by atoms with Crippen LogP contribution in [0.4, 0.5) is 4.39 Å². The van der Waals surface area contributed by atoms with Gasteiger partial charge < -0.3 is 14.6 Å². The van der Waals surface area contributed by atoms with Crippen molar-refractivity contribution in [1.29, 1.82) is 0 Å². The van der Waals surface area contributed by atoms with Crippen molar-refractivity contribution in [2.45, 2.75) is 25.3 Å². The summed E-state index contributed by atoms with van der Waals surface area (Å²) in [4.78, 5) is 14.3. The van der Waals surface area contributed by atoms with Gasteiger partial charge in [-0.15, -0.1) is 0 Å². The molecule has 0 saturated carbocycles. The summed E-state index contributed by atoms with van der Waals surface area (Å²) in [5.41, 5.74) is 1.90. The predicted molar refractivity (Wildman–Crippen MR) is 94.4 cm³/mol. The SMILES string of the molecule is COCCNC(=O)c1cc([C@@H]2CCCN(Cc3ccc(F)cc3)C2)no1. The maximum Gasteiger partial charge on any atom is 0.289 e. The van der Waals surface area contributed by atoms with E-state index in [4.69, 9.17) is 9.26 Å². The first-order valence-corrected chi connectivity index (χ1v) is 8.86. The number of halogens is 1. The molecule has 1 amide bonds. The topological polar surface area (TPSA) is 67.6 Å². The second kappa shape index (κ2) is 8.91. The van der Waals surface area contributed by atoms with Gasteiger partial charge in [0.25, 0.3) is 5.91 Å². The van der Waals surface area contributed by atoms with Crippen LogP contribution in [0.25, 0.3) is 0 Å². The van der Waals surface area contributed by atoms with Crippen molar-refractivity contribution in [3.05, 3.63) is 53.2 Å². The number of carbonyl (C=O) groups is 1. The molecule has 0 aliphatic carbocycles. The maximum atomic E-state index is 13.0. The molecule has 1 aliphatic rings. The quantitative estimate of drug-likeness (QED) is 0.768. The average Bonchev–Trinajstić information content (AvgIpc) is 3.14. The first-order chi connectivity index (χ1) is 12.7. The maximum absolute atomic E-state index is 13.0. The Bertz CT molecular complexity index is 717. The fraction of sp³-hybridized carbons (Fsp3) is 0.474. The van der Waals surface area contributed by atoms with Crippen LogP contribution in [-0.2, 0) is 11.3 Å². The van der Waals surface area contributed by atoms with Crippen LogP contribution in [0.1, 0.15) is 40.6 Å². The van der Waals surface area contributed by atoms with E-state index in [-0.39, 0.29) is 23.4 Å². The van der Waals surface area contributed by atoms with E-state index in [2.05, 4.69) is 15.4 Å². The number of benzene rings is 1. The Hall–Kier alpha value is -2.25. The Labute approximate surface area is 152 Å². The zero-order valence-electron chi connectivity index (χ0n) is 14.9. The third-order valence-corrected chi connectivity index (χ3v) is 4.59. The van der Waals surface area contributed by atoms with E-state index in [1.54, 1.807) is 13.2 Å². The van der Waals surface area contributed by atoms with E-state index in [0.29, 0.717) is 13.2 Å². The number of aromatic nitrogens is 1. The summed E-state index contributed by atoms with van der Waals surface area (Å²) >= 11 is 0. The lowest BCUT2D eigenvalue weighted by Crippen LogP contribution is -2.34. The van der Waals surface area contributed by atoms with E-state index in [1.807, 2.05) is 12.1 Å². The van der Waals surface area contributed by atoms with E-state index >= 15 is 0 Å². The Balaban J connectivity index is 1.57. The lowest BCUT2D eigenvalue weighted by atomic mass is 9.94. The number of nitrogens with zero attached hydrogens (tertiary/aromatic N) is 2. The first kappa shape index (κ1) is 18.5. The van der Waals surface area contributed by atoms with Crippen molar-refractivity contribution in [3.8, 4) is 0 Å². The molecule has 6 nitrogen and oxygen atoms in total. The molecular weight excluding hydrogens is 337 g/mol. The van der Waals surface area contributed by atoms with Crippen LogP contribution in [0.15, 0.2) is 34.9 Å². The molecule has 1 aliphatic heterocycles. The minimum Gasteiger partial charge on any atom is -0.383 e. The Morgan fingerprint density at radius 3 is 3.00 bits per heavy atom. The van der Waals surface area contributed by atoms with Crippen molar-refractivity contribution in [2.75, 3.05) is 33.4 Å². The highest BCUT2D eigenvalue weighted by Gasteiger charge is 2.25. The smallest absolute Gasteiger partial charge is 0.289 e. The fourth-order valence-corrected chi connectivity index (χ4v) is 3.23. The second-order valence-electron chi connectivity index (χ2n) is 6.57. The number of nitrogens with one attached hydrogen (secondary N) is 1. The average molecular weight is 361 g/mol. The van der Waals surface area contributed by atoms with Gasteiger partial charge in [-0.25, -0.2) is 4.39 Å². The van der Waals surface area contributed by atoms with Crippen molar-refractivity contribution >= 4 is 5.91 Å². The highest BCUT2D eigenvalue weighted by atomic mass is 19.1. The van der Waals surface area contributed by atoms with E-state index in [9.17, 15) is 9.18 Å². The van der Waals surface area contributed by atoms with E-state index in [0.717, 1.165) is 43.7 Å². The zero-order valence-corrected chi connectivity index (χ0v) is 14.9. The minimum atomic E-state index is -0.278. The third kappa shape index (κ3) is 4.89. The number of hydrogen-bond acceptors (Lipinski definition) is 5. The molecule has 140 valence electrons. The summed E-state index contributed by atoms with van der Waals surface area (Å²) < 4.78 is 23.2. The molecule has 1 atom stereocenters.